The summed E-state index contributed by atoms with van der Waals surface area (Å²) in [6.45, 7) is 9.13. The Hall–Kier alpha value is -1.77. The van der Waals surface area contributed by atoms with Gasteiger partial charge in [-0.1, -0.05) is 30.9 Å². The van der Waals surface area contributed by atoms with Crippen LogP contribution in [0.2, 0.25) is 0 Å². The molecule has 6 nitrogen and oxygen atoms in total. The molecule has 1 N–H and O–H groups in total. The quantitative estimate of drug-likeness (QED) is 0.211. The maximum Gasteiger partial charge on any atom is 0.308 e. The number of hydrogen-bond donors (Lipinski definition) is 1. The van der Waals surface area contributed by atoms with Crippen molar-refractivity contribution in [3.05, 3.63) is 42.5 Å². The fraction of sp³-hybridized carbons (Fsp3) is 0.500. The van der Waals surface area contributed by atoms with Crippen LogP contribution in [-0.4, -0.2) is 50.2 Å². The third-order valence-corrected chi connectivity index (χ3v) is 4.39. The van der Waals surface area contributed by atoms with E-state index >= 15 is 0 Å². The standard InChI is InChI=1S/C20H29N3O3.HI/c1-4-14-26-18-9-7-6-8-17(18)15-22-20(21-5-2)23-12-10-16(11-13-23)19(24)25-3;/h4,6-9,16H,1,5,10-15H2,2-3H3,(H,21,22);1H. The van der Waals surface area contributed by atoms with Gasteiger partial charge in [-0.25, -0.2) is 4.99 Å². The van der Waals surface area contributed by atoms with Crippen LogP contribution in [0.3, 0.4) is 0 Å². The van der Waals surface area contributed by atoms with E-state index in [2.05, 4.69) is 23.7 Å². The number of guanidine groups is 1. The van der Waals surface area contributed by atoms with Crippen molar-refractivity contribution in [2.75, 3.05) is 33.4 Å². The molecule has 2 rings (SSSR count). The first-order chi connectivity index (χ1) is 12.7. The van der Waals surface area contributed by atoms with Crippen LogP contribution in [0.25, 0.3) is 0 Å². The first-order valence-corrected chi connectivity index (χ1v) is 9.12. The molecule has 1 aromatic carbocycles. The summed E-state index contributed by atoms with van der Waals surface area (Å²) in [5.41, 5.74) is 1.04. The molecule has 150 valence electrons. The first kappa shape index (κ1) is 23.3. The maximum absolute atomic E-state index is 11.7. The lowest BCUT2D eigenvalue weighted by Gasteiger charge is -2.33. The molecule has 1 aromatic rings. The van der Waals surface area contributed by atoms with Crippen LogP contribution in [0.1, 0.15) is 25.3 Å². The van der Waals surface area contributed by atoms with Gasteiger partial charge in [0.2, 0.25) is 0 Å². The number of nitrogens with zero attached hydrogens (tertiary/aromatic N) is 2. The zero-order chi connectivity index (χ0) is 18.8. The highest BCUT2D eigenvalue weighted by atomic mass is 127. The molecular formula is C20H30IN3O3. The van der Waals surface area contributed by atoms with Gasteiger partial charge < -0.3 is 19.7 Å². The highest BCUT2D eigenvalue weighted by molar-refractivity contribution is 14.0. The summed E-state index contributed by atoms with van der Waals surface area (Å²) in [6.07, 6.45) is 3.31. The molecule has 0 aromatic heterocycles. The zero-order valence-electron chi connectivity index (χ0n) is 16.1. The van der Waals surface area contributed by atoms with Gasteiger partial charge in [0.25, 0.3) is 0 Å². The topological polar surface area (TPSA) is 63.2 Å². The molecule has 0 atom stereocenters. The van der Waals surface area contributed by atoms with Crippen molar-refractivity contribution in [3.8, 4) is 5.75 Å². The van der Waals surface area contributed by atoms with Crippen molar-refractivity contribution < 1.29 is 14.3 Å². The van der Waals surface area contributed by atoms with E-state index in [0.717, 1.165) is 49.7 Å². The Labute approximate surface area is 179 Å². The van der Waals surface area contributed by atoms with E-state index in [4.69, 9.17) is 14.5 Å². The molecule has 0 radical (unpaired) electrons. The Morgan fingerprint density at radius 1 is 1.37 bits per heavy atom. The molecule has 1 saturated heterocycles. The van der Waals surface area contributed by atoms with Crippen molar-refractivity contribution in [3.63, 3.8) is 0 Å². The number of hydrogen-bond acceptors (Lipinski definition) is 4. The van der Waals surface area contributed by atoms with Crippen LogP contribution in [0.15, 0.2) is 41.9 Å². The highest BCUT2D eigenvalue weighted by Crippen LogP contribution is 2.21. The van der Waals surface area contributed by atoms with E-state index in [0.29, 0.717) is 13.2 Å². The summed E-state index contributed by atoms with van der Waals surface area (Å²) < 4.78 is 10.6. The van der Waals surface area contributed by atoms with E-state index in [1.165, 1.54) is 7.11 Å². The van der Waals surface area contributed by atoms with Crippen LogP contribution >= 0.6 is 24.0 Å². The predicted molar refractivity (Wildman–Crippen MR) is 119 cm³/mol. The van der Waals surface area contributed by atoms with E-state index in [-0.39, 0.29) is 35.9 Å². The Bertz CT molecular complexity index is 629. The molecule has 0 saturated carbocycles. The van der Waals surface area contributed by atoms with E-state index in [1.54, 1.807) is 6.08 Å². The van der Waals surface area contributed by atoms with Crippen molar-refractivity contribution in [1.82, 2.24) is 10.2 Å². The number of aliphatic imine (C=N–C) groups is 1. The number of likely N-dealkylation sites (tertiary alicyclic amines) is 1. The minimum Gasteiger partial charge on any atom is -0.489 e. The number of rotatable bonds is 7. The number of carbonyl (C=O) groups excluding carboxylic acids is 1. The van der Waals surface area contributed by atoms with Crippen molar-refractivity contribution in [2.24, 2.45) is 10.9 Å². The largest absolute Gasteiger partial charge is 0.489 e. The van der Waals surface area contributed by atoms with Crippen LogP contribution in [0.4, 0.5) is 0 Å². The van der Waals surface area contributed by atoms with Gasteiger partial charge in [-0.05, 0) is 25.8 Å². The minimum atomic E-state index is -0.111. The molecule has 1 aliphatic heterocycles. The number of esters is 1. The van der Waals surface area contributed by atoms with E-state index in [1.807, 2.05) is 24.3 Å². The summed E-state index contributed by atoms with van der Waals surface area (Å²) in [5, 5.41) is 3.35. The van der Waals surface area contributed by atoms with Crippen LogP contribution in [0, 0.1) is 5.92 Å². The zero-order valence-corrected chi connectivity index (χ0v) is 18.5. The van der Waals surface area contributed by atoms with Gasteiger partial charge in [0.15, 0.2) is 5.96 Å². The summed E-state index contributed by atoms with van der Waals surface area (Å²) in [6, 6.07) is 7.91. The molecule has 0 aliphatic carbocycles. The number of methoxy groups -OCH3 is 1. The van der Waals surface area contributed by atoms with Gasteiger partial charge in [0.1, 0.15) is 12.4 Å². The third kappa shape index (κ3) is 7.04. The van der Waals surface area contributed by atoms with Gasteiger partial charge in [-0.2, -0.15) is 0 Å². The molecule has 0 spiro atoms. The fourth-order valence-corrected chi connectivity index (χ4v) is 3.00. The molecule has 1 fully saturated rings. The van der Waals surface area contributed by atoms with Crippen LogP contribution < -0.4 is 10.1 Å². The second-order valence-electron chi connectivity index (χ2n) is 6.16. The summed E-state index contributed by atoms with van der Waals surface area (Å²) >= 11 is 0. The molecular weight excluding hydrogens is 457 g/mol. The first-order valence-electron chi connectivity index (χ1n) is 9.12. The maximum atomic E-state index is 11.7. The van der Waals surface area contributed by atoms with E-state index < -0.39 is 0 Å². The molecule has 27 heavy (non-hydrogen) atoms. The average Bonchev–Trinajstić information content (AvgIpc) is 2.69. The van der Waals surface area contributed by atoms with Crippen LogP contribution in [0.5, 0.6) is 5.75 Å². The molecule has 0 amide bonds. The summed E-state index contributed by atoms with van der Waals surface area (Å²) in [7, 11) is 1.45. The van der Waals surface area contributed by atoms with Gasteiger partial charge >= 0.3 is 5.97 Å². The number of nitrogens with one attached hydrogen (secondary N) is 1. The molecule has 1 heterocycles. The smallest absolute Gasteiger partial charge is 0.308 e. The molecule has 0 bridgehead atoms. The van der Waals surface area contributed by atoms with Crippen LogP contribution in [-0.2, 0) is 16.1 Å². The van der Waals surface area contributed by atoms with Crippen molar-refractivity contribution in [2.45, 2.75) is 26.3 Å². The highest BCUT2D eigenvalue weighted by Gasteiger charge is 2.26. The number of halogens is 1. The Morgan fingerprint density at radius 2 is 2.07 bits per heavy atom. The summed E-state index contributed by atoms with van der Waals surface area (Å²) in [4.78, 5) is 18.7. The number of carbonyl (C=O) groups is 1. The molecule has 7 heteroatoms. The Balaban J connectivity index is 0.00000364. The minimum absolute atomic E-state index is 0. The summed E-state index contributed by atoms with van der Waals surface area (Å²) in [5.74, 6) is 1.58. The number of benzene rings is 1. The number of ether oxygens (including phenoxy) is 2. The van der Waals surface area contributed by atoms with Gasteiger partial charge in [-0.3, -0.25) is 4.79 Å². The fourth-order valence-electron chi connectivity index (χ4n) is 3.00. The molecule has 0 unspecified atom stereocenters. The lowest BCUT2D eigenvalue weighted by atomic mass is 9.97. The van der Waals surface area contributed by atoms with Gasteiger partial charge in [0, 0.05) is 25.2 Å². The van der Waals surface area contributed by atoms with Crippen molar-refractivity contribution in [1.29, 1.82) is 0 Å². The SMILES string of the molecule is C=CCOc1ccccc1CN=C(NCC)N1CCC(C(=O)OC)CC1.I. The average molecular weight is 487 g/mol. The third-order valence-electron chi connectivity index (χ3n) is 4.39. The lowest BCUT2D eigenvalue weighted by Crippen LogP contribution is -2.46. The molecule has 1 aliphatic rings. The van der Waals surface area contributed by atoms with E-state index in [9.17, 15) is 4.79 Å². The lowest BCUT2D eigenvalue weighted by molar-refractivity contribution is -0.146. The predicted octanol–water partition coefficient (Wildman–Crippen LogP) is 3.22. The number of para-hydroxylation sites is 1. The monoisotopic (exact) mass is 487 g/mol. The Morgan fingerprint density at radius 3 is 2.70 bits per heavy atom. The van der Waals surface area contributed by atoms with Crippen molar-refractivity contribution >= 4 is 35.9 Å². The second kappa shape index (κ2) is 12.6. The van der Waals surface area contributed by atoms with Gasteiger partial charge in [-0.15, -0.1) is 24.0 Å². The number of piperidine rings is 1. The normalized spacial score (nSPS) is 14.9. The second-order valence-corrected chi connectivity index (χ2v) is 6.16. The van der Waals surface area contributed by atoms with Gasteiger partial charge in [0.05, 0.1) is 19.6 Å². The Kier molecular flexibility index (Phi) is 10.8.